The molecule has 0 N–H and O–H groups in total. The molecule has 1 aromatic rings. The maximum Gasteiger partial charge on any atom is 0.175 e. The molecule has 5 heteroatoms. The van der Waals surface area contributed by atoms with Gasteiger partial charge in [-0.3, -0.25) is 0 Å². The molecule has 1 heterocycles. The fourth-order valence-corrected chi connectivity index (χ4v) is 3.15. The molecular formula is C10H17BrN4. The highest BCUT2D eigenvalue weighted by Gasteiger charge is 2.32. The van der Waals surface area contributed by atoms with E-state index in [2.05, 4.69) is 31.3 Å². The number of hydrogen-bond acceptors (Lipinski definition) is 3. The lowest BCUT2D eigenvalue weighted by molar-refractivity contribution is 0.219. The first-order chi connectivity index (χ1) is 7.24. The van der Waals surface area contributed by atoms with Crippen LogP contribution < -0.4 is 0 Å². The zero-order chi connectivity index (χ0) is 10.7. The Morgan fingerprint density at radius 1 is 1.33 bits per heavy atom. The summed E-state index contributed by atoms with van der Waals surface area (Å²) in [6.45, 7) is 0. The Bertz CT molecular complexity index is 317. The van der Waals surface area contributed by atoms with Crippen LogP contribution in [-0.4, -0.2) is 25.5 Å². The average Bonchev–Trinajstić information content (AvgIpc) is 2.65. The quantitative estimate of drug-likeness (QED) is 0.792. The van der Waals surface area contributed by atoms with E-state index >= 15 is 0 Å². The molecule has 15 heavy (non-hydrogen) atoms. The van der Waals surface area contributed by atoms with E-state index in [0.29, 0.717) is 5.41 Å². The Morgan fingerprint density at radius 3 is 2.60 bits per heavy atom. The molecule has 0 atom stereocenters. The third-order valence-electron chi connectivity index (χ3n) is 3.28. The van der Waals surface area contributed by atoms with Gasteiger partial charge in [-0.05, 0) is 23.5 Å². The number of hydrogen-bond donors (Lipinski definition) is 0. The van der Waals surface area contributed by atoms with Gasteiger partial charge in [-0.1, -0.05) is 35.2 Å². The first kappa shape index (κ1) is 11.0. The fraction of sp³-hybridized carbons (Fsp3) is 0.900. The van der Waals surface area contributed by atoms with Gasteiger partial charge in [-0.15, -0.1) is 10.2 Å². The molecular weight excluding hydrogens is 256 g/mol. The zero-order valence-electron chi connectivity index (χ0n) is 9.12. The predicted octanol–water partition coefficient (Wildman–Crippen LogP) is 2.10. The van der Waals surface area contributed by atoms with Crippen LogP contribution in [0.2, 0.25) is 0 Å². The molecule has 0 amide bonds. The molecule has 1 saturated carbocycles. The van der Waals surface area contributed by atoms with Gasteiger partial charge in [-0.25, -0.2) is 0 Å². The van der Waals surface area contributed by atoms with Gasteiger partial charge < -0.3 is 0 Å². The van der Waals surface area contributed by atoms with Gasteiger partial charge in [0, 0.05) is 11.8 Å². The molecule has 1 aliphatic rings. The van der Waals surface area contributed by atoms with Crippen LogP contribution in [0, 0.1) is 5.41 Å². The van der Waals surface area contributed by atoms with Crippen LogP contribution in [0.3, 0.4) is 0 Å². The summed E-state index contributed by atoms with van der Waals surface area (Å²) in [6.07, 6.45) is 7.60. The van der Waals surface area contributed by atoms with Crippen molar-refractivity contribution in [3.05, 3.63) is 5.82 Å². The van der Waals surface area contributed by atoms with Gasteiger partial charge in [0.2, 0.25) is 0 Å². The molecule has 0 bridgehead atoms. The minimum absolute atomic E-state index is 0.376. The van der Waals surface area contributed by atoms with Gasteiger partial charge in [0.05, 0.1) is 7.05 Å². The second-order valence-corrected chi connectivity index (χ2v) is 5.13. The SMILES string of the molecule is Cn1nnc(CC2(CBr)CCCCC2)n1. The van der Waals surface area contributed by atoms with Crippen LogP contribution in [0.25, 0.3) is 0 Å². The van der Waals surface area contributed by atoms with Crippen molar-refractivity contribution < 1.29 is 0 Å². The van der Waals surface area contributed by atoms with Crippen molar-refractivity contribution in [3.63, 3.8) is 0 Å². The van der Waals surface area contributed by atoms with E-state index in [1.165, 1.54) is 32.1 Å². The average molecular weight is 273 g/mol. The maximum atomic E-state index is 4.27. The van der Waals surface area contributed by atoms with E-state index in [1.807, 2.05) is 7.05 Å². The van der Waals surface area contributed by atoms with Crippen LogP contribution in [0.5, 0.6) is 0 Å². The highest BCUT2D eigenvalue weighted by atomic mass is 79.9. The number of halogens is 1. The van der Waals surface area contributed by atoms with Crippen molar-refractivity contribution in [1.82, 2.24) is 20.2 Å². The molecule has 4 nitrogen and oxygen atoms in total. The Labute approximate surface area is 98.6 Å². The van der Waals surface area contributed by atoms with Crippen LogP contribution >= 0.6 is 15.9 Å². The molecule has 1 aromatic heterocycles. The minimum atomic E-state index is 0.376. The van der Waals surface area contributed by atoms with Crippen molar-refractivity contribution in [2.45, 2.75) is 38.5 Å². The summed E-state index contributed by atoms with van der Waals surface area (Å²) in [5.41, 5.74) is 0.376. The number of aromatic nitrogens is 4. The smallest absolute Gasteiger partial charge is 0.167 e. The molecule has 2 rings (SSSR count). The summed E-state index contributed by atoms with van der Waals surface area (Å²) in [4.78, 5) is 1.54. The van der Waals surface area contributed by atoms with E-state index in [9.17, 15) is 0 Å². The van der Waals surface area contributed by atoms with E-state index in [4.69, 9.17) is 0 Å². The number of alkyl halides is 1. The fourth-order valence-electron chi connectivity index (χ4n) is 2.39. The lowest BCUT2D eigenvalue weighted by atomic mass is 9.73. The van der Waals surface area contributed by atoms with E-state index in [-0.39, 0.29) is 0 Å². The van der Waals surface area contributed by atoms with Gasteiger partial charge in [0.1, 0.15) is 0 Å². The Hall–Kier alpha value is -0.450. The molecule has 1 aliphatic carbocycles. The van der Waals surface area contributed by atoms with Crippen LogP contribution in [0.4, 0.5) is 0 Å². The zero-order valence-corrected chi connectivity index (χ0v) is 10.7. The summed E-state index contributed by atoms with van der Waals surface area (Å²) in [7, 11) is 1.82. The normalized spacial score (nSPS) is 20.4. The maximum absolute atomic E-state index is 4.27. The standard InChI is InChI=1S/C10H17BrN4/c1-15-13-9(12-14-15)7-10(8-11)5-3-2-4-6-10/h2-8H2,1H3. The Balaban J connectivity index is 2.06. The van der Waals surface area contributed by atoms with E-state index in [0.717, 1.165) is 17.6 Å². The summed E-state index contributed by atoms with van der Waals surface area (Å²) in [6, 6.07) is 0. The highest BCUT2D eigenvalue weighted by Crippen LogP contribution is 2.39. The monoisotopic (exact) mass is 272 g/mol. The van der Waals surface area contributed by atoms with E-state index < -0.39 is 0 Å². The minimum Gasteiger partial charge on any atom is -0.167 e. The molecule has 1 fully saturated rings. The van der Waals surface area contributed by atoms with Crippen LogP contribution in [0.15, 0.2) is 0 Å². The second-order valence-electron chi connectivity index (χ2n) is 4.57. The van der Waals surface area contributed by atoms with Crippen molar-refractivity contribution in [2.75, 3.05) is 5.33 Å². The third kappa shape index (κ3) is 2.56. The second kappa shape index (κ2) is 4.60. The van der Waals surface area contributed by atoms with Crippen LogP contribution in [-0.2, 0) is 13.5 Å². The summed E-state index contributed by atoms with van der Waals surface area (Å²) in [5, 5.41) is 13.3. The molecule has 0 radical (unpaired) electrons. The van der Waals surface area contributed by atoms with Crippen molar-refractivity contribution in [2.24, 2.45) is 12.5 Å². The molecule has 0 aromatic carbocycles. The lowest BCUT2D eigenvalue weighted by Gasteiger charge is -2.34. The number of nitrogens with zero attached hydrogens (tertiary/aromatic N) is 4. The highest BCUT2D eigenvalue weighted by molar-refractivity contribution is 9.09. The van der Waals surface area contributed by atoms with Gasteiger partial charge >= 0.3 is 0 Å². The summed E-state index contributed by atoms with van der Waals surface area (Å²) < 4.78 is 0. The first-order valence-electron chi connectivity index (χ1n) is 5.53. The van der Waals surface area contributed by atoms with Gasteiger partial charge in [-0.2, -0.15) is 4.80 Å². The summed E-state index contributed by atoms with van der Waals surface area (Å²) >= 11 is 3.65. The molecule has 84 valence electrons. The van der Waals surface area contributed by atoms with E-state index in [1.54, 1.807) is 4.80 Å². The topological polar surface area (TPSA) is 43.6 Å². The number of tetrazole rings is 1. The largest absolute Gasteiger partial charge is 0.175 e. The van der Waals surface area contributed by atoms with Gasteiger partial charge in [0.25, 0.3) is 0 Å². The third-order valence-corrected chi connectivity index (χ3v) is 4.47. The molecule has 0 spiro atoms. The number of aryl methyl sites for hydroxylation is 1. The van der Waals surface area contributed by atoms with Crippen molar-refractivity contribution in [1.29, 1.82) is 0 Å². The van der Waals surface area contributed by atoms with Crippen molar-refractivity contribution >= 4 is 15.9 Å². The Kier molecular flexibility index (Phi) is 3.38. The Morgan fingerprint density at radius 2 is 2.07 bits per heavy atom. The lowest BCUT2D eigenvalue weighted by Crippen LogP contribution is -2.29. The molecule has 0 saturated heterocycles. The first-order valence-corrected chi connectivity index (χ1v) is 6.65. The summed E-state index contributed by atoms with van der Waals surface area (Å²) in [5.74, 6) is 0.888. The van der Waals surface area contributed by atoms with Crippen LogP contribution in [0.1, 0.15) is 37.9 Å². The van der Waals surface area contributed by atoms with Crippen molar-refractivity contribution in [3.8, 4) is 0 Å². The molecule has 0 aliphatic heterocycles. The molecule has 0 unspecified atom stereocenters. The predicted molar refractivity (Wildman–Crippen MR) is 61.8 cm³/mol. The van der Waals surface area contributed by atoms with Gasteiger partial charge in [0.15, 0.2) is 5.82 Å². The number of rotatable bonds is 3.